The number of pyridine rings is 1. The maximum absolute atomic E-state index is 14.5. The molecule has 0 aliphatic carbocycles. The molecule has 61 heavy (non-hydrogen) atoms. The highest BCUT2D eigenvalue weighted by atomic mass is 19.4. The number of carboxylic acids is 2. The molecule has 1 fully saturated rings. The number of alkyl halides is 3. The summed E-state index contributed by atoms with van der Waals surface area (Å²) >= 11 is 0. The second-order valence-electron chi connectivity index (χ2n) is 14.7. The minimum atomic E-state index is -4.41. The SMILES string of the molecule is O=C(Cn1c(CCc2cccc(F)c2F)cc(=O)c2ccccc21)N(CCCCN1CCCC1)Cc1ccc(-c2ccc(C(F)(F)F)cc2)cc1.O=C(O)C(O)C(O)C(=O)O. The molecule has 4 N–H and O–H groups in total. The van der Waals surface area contributed by atoms with Crippen LogP contribution in [-0.4, -0.2) is 91.0 Å². The molecule has 0 radical (unpaired) electrons. The molecule has 324 valence electrons. The maximum Gasteiger partial charge on any atom is 0.416 e. The number of hydrogen-bond acceptors (Lipinski definition) is 7. The summed E-state index contributed by atoms with van der Waals surface area (Å²) in [5, 5.41) is 33.0. The number of carbonyl (C=O) groups is 3. The van der Waals surface area contributed by atoms with Crippen molar-refractivity contribution < 1.29 is 56.8 Å². The van der Waals surface area contributed by atoms with Crippen LogP contribution in [0.5, 0.6) is 0 Å². The molecule has 1 aliphatic heterocycles. The summed E-state index contributed by atoms with van der Waals surface area (Å²) in [4.78, 5) is 51.1. The number of carbonyl (C=O) groups excluding carboxylic acids is 1. The molecule has 1 amide bonds. The summed E-state index contributed by atoms with van der Waals surface area (Å²) in [6.45, 7) is 3.92. The topological polar surface area (TPSA) is 161 Å². The highest BCUT2D eigenvalue weighted by Gasteiger charge is 2.30. The van der Waals surface area contributed by atoms with E-state index in [4.69, 9.17) is 20.4 Å². The van der Waals surface area contributed by atoms with E-state index in [1.165, 1.54) is 43.2 Å². The van der Waals surface area contributed by atoms with E-state index in [0.29, 0.717) is 35.2 Å². The number of aliphatic hydroxyl groups excluding tert-OH is 2. The number of aliphatic carboxylic acids is 2. The number of likely N-dealkylation sites (tertiary alicyclic amines) is 1. The van der Waals surface area contributed by atoms with Crippen LogP contribution in [0.25, 0.3) is 22.0 Å². The molecular formula is C45H46F5N3O8. The normalized spacial score (nSPS) is 14.0. The lowest BCUT2D eigenvalue weighted by atomic mass is 10.0. The first-order valence-electron chi connectivity index (χ1n) is 19.7. The average Bonchev–Trinajstić information content (AvgIpc) is 3.77. The Kier molecular flexibility index (Phi) is 15.9. The number of amides is 1. The Hall–Kier alpha value is -5.97. The number of hydrogen-bond donors (Lipinski definition) is 4. The molecule has 2 atom stereocenters. The minimum Gasteiger partial charge on any atom is -0.479 e. The molecule has 1 saturated heterocycles. The highest BCUT2D eigenvalue weighted by Crippen LogP contribution is 2.31. The number of aliphatic hydroxyl groups is 2. The van der Waals surface area contributed by atoms with Gasteiger partial charge in [-0.15, -0.1) is 0 Å². The molecule has 1 aliphatic rings. The van der Waals surface area contributed by atoms with Crippen LogP contribution in [0.2, 0.25) is 0 Å². The lowest BCUT2D eigenvalue weighted by Crippen LogP contribution is -2.39. The standard InChI is InChI=1S/C41H40F5N3O2.C4H6O6/c42-36-10-7-8-32(40(36)43)18-21-34-26-38(50)35-9-1-2-11-37(35)49(34)28-39(51)48(25-6-5-24-47-22-3-4-23-47)27-29-12-14-30(15-13-29)31-16-19-33(20-17-31)41(44,45)46;5-1(3(7)8)2(6)4(9)10/h1-2,7-17,19-20,26H,3-6,18,21-25,27-28H2;1-2,5-6H,(H,7,8)(H,9,10). The molecule has 2 heterocycles. The number of halogens is 5. The predicted molar refractivity (Wildman–Crippen MR) is 216 cm³/mol. The van der Waals surface area contributed by atoms with E-state index in [2.05, 4.69) is 4.90 Å². The number of unbranched alkanes of at least 4 members (excludes halogenated alkanes) is 1. The first-order chi connectivity index (χ1) is 29.0. The van der Waals surface area contributed by atoms with E-state index in [1.54, 1.807) is 33.7 Å². The Morgan fingerprint density at radius 2 is 1.36 bits per heavy atom. The number of fused-ring (bicyclic) bond motifs is 1. The van der Waals surface area contributed by atoms with Crippen molar-refractivity contribution in [2.24, 2.45) is 0 Å². The molecule has 2 unspecified atom stereocenters. The first kappa shape index (κ1) is 46.1. The lowest BCUT2D eigenvalue weighted by molar-refractivity contribution is -0.165. The van der Waals surface area contributed by atoms with Gasteiger partial charge in [0, 0.05) is 30.2 Å². The van der Waals surface area contributed by atoms with Gasteiger partial charge in [-0.1, -0.05) is 60.7 Å². The van der Waals surface area contributed by atoms with Crippen molar-refractivity contribution in [3.63, 3.8) is 0 Å². The summed E-state index contributed by atoms with van der Waals surface area (Å²) in [5.74, 6) is -5.56. The van der Waals surface area contributed by atoms with Crippen molar-refractivity contribution >= 4 is 28.7 Å². The molecular weight excluding hydrogens is 805 g/mol. The van der Waals surface area contributed by atoms with Crippen molar-refractivity contribution in [1.29, 1.82) is 0 Å². The van der Waals surface area contributed by atoms with Gasteiger partial charge in [0.25, 0.3) is 0 Å². The molecule has 16 heteroatoms. The summed E-state index contributed by atoms with van der Waals surface area (Å²) in [5.41, 5.74) is 2.68. The zero-order chi connectivity index (χ0) is 44.3. The fourth-order valence-corrected chi connectivity index (χ4v) is 7.09. The van der Waals surface area contributed by atoms with Crippen molar-refractivity contribution in [2.75, 3.05) is 26.2 Å². The van der Waals surface area contributed by atoms with Crippen LogP contribution in [-0.2, 0) is 46.5 Å². The summed E-state index contributed by atoms with van der Waals surface area (Å²) in [6.07, 6.45) is -4.45. The zero-order valence-corrected chi connectivity index (χ0v) is 33.0. The fourth-order valence-electron chi connectivity index (χ4n) is 7.09. The monoisotopic (exact) mass is 851 g/mol. The van der Waals surface area contributed by atoms with Crippen LogP contribution >= 0.6 is 0 Å². The number of aromatic nitrogens is 1. The van der Waals surface area contributed by atoms with E-state index in [0.717, 1.165) is 61.8 Å². The number of aryl methyl sites for hydroxylation is 2. The second-order valence-corrected chi connectivity index (χ2v) is 14.7. The third kappa shape index (κ3) is 12.5. The van der Waals surface area contributed by atoms with Crippen molar-refractivity contribution in [2.45, 2.75) is 70.0 Å². The van der Waals surface area contributed by atoms with Gasteiger partial charge < -0.3 is 34.8 Å². The van der Waals surface area contributed by atoms with Gasteiger partial charge >= 0.3 is 18.1 Å². The number of para-hydroxylation sites is 1. The number of nitrogens with zero attached hydrogens (tertiary/aromatic N) is 3. The Bertz CT molecular complexity index is 2330. The highest BCUT2D eigenvalue weighted by molar-refractivity contribution is 5.83. The Balaban J connectivity index is 0.000000626. The molecule has 0 bridgehead atoms. The largest absolute Gasteiger partial charge is 0.479 e. The second kappa shape index (κ2) is 21.0. The van der Waals surface area contributed by atoms with Crippen LogP contribution in [0, 0.1) is 11.6 Å². The van der Waals surface area contributed by atoms with Gasteiger partial charge in [-0.25, -0.2) is 18.4 Å². The Morgan fingerprint density at radius 1 is 0.754 bits per heavy atom. The summed E-state index contributed by atoms with van der Waals surface area (Å²) < 4.78 is 69.5. The van der Waals surface area contributed by atoms with E-state index in [-0.39, 0.29) is 36.3 Å². The Labute approximate surface area is 347 Å². The number of carboxylic acid groups (broad SMARTS) is 2. The van der Waals surface area contributed by atoms with Gasteiger partial charge in [-0.3, -0.25) is 9.59 Å². The van der Waals surface area contributed by atoms with Gasteiger partial charge in [-0.2, -0.15) is 13.2 Å². The van der Waals surface area contributed by atoms with Gasteiger partial charge in [0.2, 0.25) is 5.91 Å². The molecule has 0 saturated carbocycles. The fraction of sp³-hybridized carbons (Fsp3) is 0.333. The van der Waals surface area contributed by atoms with Crippen molar-refractivity contribution in [1.82, 2.24) is 14.4 Å². The van der Waals surface area contributed by atoms with E-state index < -0.39 is 47.5 Å². The van der Waals surface area contributed by atoms with Crippen molar-refractivity contribution in [3.8, 4) is 11.1 Å². The lowest BCUT2D eigenvalue weighted by Gasteiger charge is -2.26. The maximum atomic E-state index is 14.5. The van der Waals surface area contributed by atoms with Crippen molar-refractivity contribution in [3.05, 3.63) is 141 Å². The first-order valence-corrected chi connectivity index (χ1v) is 19.7. The van der Waals surface area contributed by atoms with Crippen LogP contribution in [0.1, 0.15) is 48.1 Å². The van der Waals surface area contributed by atoms with Gasteiger partial charge in [0.1, 0.15) is 6.54 Å². The summed E-state index contributed by atoms with van der Waals surface area (Å²) in [6, 6.07) is 25.0. The smallest absolute Gasteiger partial charge is 0.416 e. The number of rotatable bonds is 16. The molecule has 6 rings (SSSR count). The average molecular weight is 852 g/mol. The zero-order valence-electron chi connectivity index (χ0n) is 33.0. The van der Waals surface area contributed by atoms with Crippen LogP contribution < -0.4 is 5.43 Å². The third-order valence-corrected chi connectivity index (χ3v) is 10.5. The third-order valence-electron chi connectivity index (χ3n) is 10.5. The Morgan fingerprint density at radius 3 is 1.97 bits per heavy atom. The minimum absolute atomic E-state index is 0.0580. The van der Waals surface area contributed by atoms with Crippen LogP contribution in [0.4, 0.5) is 22.0 Å². The molecule has 4 aromatic carbocycles. The van der Waals surface area contributed by atoms with Gasteiger partial charge in [0.15, 0.2) is 29.3 Å². The predicted octanol–water partition coefficient (Wildman–Crippen LogP) is 6.53. The summed E-state index contributed by atoms with van der Waals surface area (Å²) in [7, 11) is 0. The molecule has 5 aromatic rings. The van der Waals surface area contributed by atoms with Crippen LogP contribution in [0.3, 0.4) is 0 Å². The molecule has 11 nitrogen and oxygen atoms in total. The molecule has 1 aromatic heterocycles. The van der Waals surface area contributed by atoms with E-state index >= 15 is 0 Å². The van der Waals surface area contributed by atoms with E-state index in [9.17, 15) is 41.1 Å². The molecule has 0 spiro atoms. The van der Waals surface area contributed by atoms with Gasteiger partial charge in [0.05, 0.1) is 11.1 Å². The quantitative estimate of drug-likeness (QED) is 0.0640. The van der Waals surface area contributed by atoms with Crippen LogP contribution in [0.15, 0.2) is 102 Å². The van der Waals surface area contributed by atoms with E-state index in [1.807, 2.05) is 24.3 Å². The van der Waals surface area contributed by atoms with Gasteiger partial charge in [-0.05, 0) is 111 Å². The number of benzene rings is 4.